The molecule has 0 fully saturated rings. The summed E-state index contributed by atoms with van der Waals surface area (Å²) in [5.41, 5.74) is 2.08. The first-order valence-electron chi connectivity index (χ1n) is 9.55. The topological polar surface area (TPSA) is 44.9 Å². The quantitative estimate of drug-likeness (QED) is 0.373. The number of H-pyrrole nitrogens is 1. The van der Waals surface area contributed by atoms with Crippen molar-refractivity contribution in [3.05, 3.63) is 94.9 Å². The van der Waals surface area contributed by atoms with Gasteiger partial charge < -0.3 is 10.3 Å². The van der Waals surface area contributed by atoms with Gasteiger partial charge in [-0.05, 0) is 48.4 Å². The number of carbonyl (C=O) groups excluding carboxylic acids is 1. The van der Waals surface area contributed by atoms with Crippen LogP contribution in [0.25, 0.3) is 22.0 Å². The summed E-state index contributed by atoms with van der Waals surface area (Å²) in [5, 5.41) is 3.22. The van der Waals surface area contributed by atoms with E-state index < -0.39 is 23.5 Å². The molecule has 0 unspecified atom stereocenters. The van der Waals surface area contributed by atoms with Gasteiger partial charge in [0.2, 0.25) is 0 Å². The number of benzene rings is 3. The molecule has 3 nitrogen and oxygen atoms in total. The molecule has 0 bridgehead atoms. The van der Waals surface area contributed by atoms with Crippen molar-refractivity contribution in [3.8, 4) is 11.1 Å². The zero-order valence-electron chi connectivity index (χ0n) is 16.5. The van der Waals surface area contributed by atoms with E-state index in [4.69, 9.17) is 0 Å². The molecule has 1 heterocycles. The Morgan fingerprint density at radius 1 is 1.00 bits per heavy atom. The Labute approximate surface area is 175 Å². The Balaban J connectivity index is 1.68. The smallest absolute Gasteiger partial charge is 0.350 e. The maximum absolute atomic E-state index is 13.9. The number of hydrogen-bond acceptors (Lipinski definition) is 1. The number of alkyl halides is 3. The summed E-state index contributed by atoms with van der Waals surface area (Å²) in [4.78, 5) is 16.0. The van der Waals surface area contributed by atoms with E-state index in [1.165, 1.54) is 12.1 Å². The van der Waals surface area contributed by atoms with Crippen molar-refractivity contribution in [1.82, 2.24) is 10.3 Å². The number of fused-ring (bicyclic) bond motifs is 1. The van der Waals surface area contributed by atoms with Gasteiger partial charge in [0.15, 0.2) is 0 Å². The average molecular weight is 426 g/mol. The predicted octanol–water partition coefficient (Wildman–Crippen LogP) is 6.23. The molecule has 0 saturated heterocycles. The molecule has 31 heavy (non-hydrogen) atoms. The van der Waals surface area contributed by atoms with Crippen molar-refractivity contribution >= 4 is 16.8 Å². The first-order chi connectivity index (χ1) is 14.7. The Morgan fingerprint density at radius 3 is 2.45 bits per heavy atom. The maximum Gasteiger partial charge on any atom is 0.416 e. The van der Waals surface area contributed by atoms with E-state index in [0.29, 0.717) is 27.6 Å². The molecule has 4 aromatic rings. The lowest BCUT2D eigenvalue weighted by molar-refractivity contribution is -0.137. The fraction of sp³-hybridized carbons (Fsp3) is 0.125. The number of amides is 1. The highest BCUT2D eigenvalue weighted by atomic mass is 19.4. The van der Waals surface area contributed by atoms with Gasteiger partial charge in [0, 0.05) is 23.0 Å². The number of rotatable bonds is 4. The van der Waals surface area contributed by atoms with E-state index in [-0.39, 0.29) is 12.2 Å². The minimum Gasteiger partial charge on any atom is -0.350 e. The molecule has 0 saturated carbocycles. The molecule has 0 atom stereocenters. The van der Waals surface area contributed by atoms with Gasteiger partial charge in [-0.3, -0.25) is 4.79 Å². The number of halogens is 4. The highest BCUT2D eigenvalue weighted by Crippen LogP contribution is 2.33. The van der Waals surface area contributed by atoms with Crippen molar-refractivity contribution in [2.24, 2.45) is 0 Å². The monoisotopic (exact) mass is 426 g/mol. The summed E-state index contributed by atoms with van der Waals surface area (Å²) in [6, 6.07) is 16.9. The highest BCUT2D eigenvalue weighted by Gasteiger charge is 2.31. The molecule has 0 spiro atoms. The number of hydrogen-bond donors (Lipinski definition) is 2. The molecule has 3 aromatic carbocycles. The van der Waals surface area contributed by atoms with E-state index in [1.54, 1.807) is 43.3 Å². The fourth-order valence-electron chi connectivity index (χ4n) is 3.64. The molecule has 2 N–H and O–H groups in total. The van der Waals surface area contributed by atoms with Crippen molar-refractivity contribution in [1.29, 1.82) is 0 Å². The van der Waals surface area contributed by atoms with Crippen LogP contribution in [0.5, 0.6) is 0 Å². The molecular weight excluding hydrogens is 408 g/mol. The van der Waals surface area contributed by atoms with Crippen LogP contribution in [0.15, 0.2) is 66.7 Å². The van der Waals surface area contributed by atoms with Crippen LogP contribution < -0.4 is 5.32 Å². The number of aromatic nitrogens is 1. The summed E-state index contributed by atoms with van der Waals surface area (Å²) in [6.45, 7) is 1.49. The van der Waals surface area contributed by atoms with E-state index in [1.807, 2.05) is 6.07 Å². The lowest BCUT2D eigenvalue weighted by Crippen LogP contribution is -2.24. The average Bonchev–Trinajstić information content (AvgIpc) is 3.10. The van der Waals surface area contributed by atoms with Gasteiger partial charge in [-0.1, -0.05) is 42.0 Å². The summed E-state index contributed by atoms with van der Waals surface area (Å²) in [6.07, 6.45) is -4.47. The lowest BCUT2D eigenvalue weighted by Gasteiger charge is -2.12. The van der Waals surface area contributed by atoms with Crippen LogP contribution in [-0.2, 0) is 12.7 Å². The minimum absolute atomic E-state index is 0.0818. The van der Waals surface area contributed by atoms with Crippen LogP contribution in [0, 0.1) is 12.7 Å². The van der Waals surface area contributed by atoms with Crippen LogP contribution in [0.3, 0.4) is 0 Å². The number of carbonyl (C=O) groups is 1. The van der Waals surface area contributed by atoms with Crippen LogP contribution in [-0.4, -0.2) is 10.9 Å². The van der Waals surface area contributed by atoms with E-state index in [9.17, 15) is 22.4 Å². The van der Waals surface area contributed by atoms with Gasteiger partial charge in [-0.15, -0.1) is 0 Å². The van der Waals surface area contributed by atoms with Crippen molar-refractivity contribution < 1.29 is 22.4 Å². The van der Waals surface area contributed by atoms with Crippen molar-refractivity contribution in [2.75, 3.05) is 0 Å². The number of nitrogens with one attached hydrogen (secondary N) is 2. The van der Waals surface area contributed by atoms with Gasteiger partial charge >= 0.3 is 6.18 Å². The first kappa shape index (κ1) is 20.7. The molecular formula is C24H18F4N2O. The second-order valence-electron chi connectivity index (χ2n) is 7.32. The zero-order valence-corrected chi connectivity index (χ0v) is 16.5. The number of aryl methyl sites for hydroxylation is 1. The molecule has 0 radical (unpaired) electrons. The fourth-order valence-corrected chi connectivity index (χ4v) is 3.64. The third-order valence-electron chi connectivity index (χ3n) is 4.97. The van der Waals surface area contributed by atoms with Gasteiger partial charge in [0.05, 0.1) is 5.56 Å². The molecule has 4 rings (SSSR count). The third-order valence-corrected chi connectivity index (χ3v) is 4.97. The van der Waals surface area contributed by atoms with Gasteiger partial charge in [0.1, 0.15) is 11.5 Å². The Morgan fingerprint density at radius 2 is 1.74 bits per heavy atom. The summed E-state index contributed by atoms with van der Waals surface area (Å²) >= 11 is 0. The SMILES string of the molecule is Cc1cc(CNC(=O)c2[nH]c3ccc(F)cc3c2-c2ccccc2)cc(C(F)(F)F)c1. The van der Waals surface area contributed by atoms with Gasteiger partial charge in [-0.2, -0.15) is 13.2 Å². The first-order valence-corrected chi connectivity index (χ1v) is 9.55. The van der Waals surface area contributed by atoms with Crippen LogP contribution >= 0.6 is 0 Å². The normalized spacial score (nSPS) is 11.6. The van der Waals surface area contributed by atoms with Crippen LogP contribution in [0.1, 0.15) is 27.2 Å². The Bertz CT molecular complexity index is 1260. The minimum atomic E-state index is -4.47. The number of aromatic amines is 1. The standard InChI is InChI=1S/C24H18F4N2O/c1-14-9-15(11-17(10-14)24(26,27)28)13-29-23(31)22-21(16-5-3-2-4-6-16)19-12-18(25)7-8-20(19)30-22/h2-12,30H,13H2,1H3,(H,29,31). The maximum atomic E-state index is 13.9. The zero-order chi connectivity index (χ0) is 22.2. The largest absolute Gasteiger partial charge is 0.416 e. The van der Waals surface area contributed by atoms with Crippen molar-refractivity contribution in [3.63, 3.8) is 0 Å². The van der Waals surface area contributed by atoms with Crippen molar-refractivity contribution in [2.45, 2.75) is 19.6 Å². The molecule has 1 aromatic heterocycles. The Kier molecular flexibility index (Phi) is 5.27. The molecule has 7 heteroatoms. The van der Waals surface area contributed by atoms with Crippen LogP contribution in [0.2, 0.25) is 0 Å². The Hall–Kier alpha value is -3.61. The van der Waals surface area contributed by atoms with E-state index in [0.717, 1.165) is 17.7 Å². The molecule has 1 amide bonds. The highest BCUT2D eigenvalue weighted by molar-refractivity contribution is 6.09. The lowest BCUT2D eigenvalue weighted by atomic mass is 10.0. The molecule has 0 aliphatic heterocycles. The van der Waals surface area contributed by atoms with Crippen LogP contribution in [0.4, 0.5) is 17.6 Å². The molecule has 158 valence electrons. The van der Waals surface area contributed by atoms with Gasteiger partial charge in [-0.25, -0.2) is 4.39 Å². The predicted molar refractivity (Wildman–Crippen MR) is 111 cm³/mol. The summed E-state index contributed by atoms with van der Waals surface area (Å²) in [5.74, 6) is -0.930. The second-order valence-corrected chi connectivity index (χ2v) is 7.32. The third kappa shape index (κ3) is 4.30. The molecule has 0 aliphatic carbocycles. The van der Waals surface area contributed by atoms with Gasteiger partial charge in [0.25, 0.3) is 5.91 Å². The van der Waals surface area contributed by atoms with E-state index in [2.05, 4.69) is 10.3 Å². The summed E-state index contributed by atoms with van der Waals surface area (Å²) in [7, 11) is 0. The molecule has 0 aliphatic rings. The second kappa shape index (κ2) is 7.91. The van der Waals surface area contributed by atoms with E-state index >= 15 is 0 Å². The summed E-state index contributed by atoms with van der Waals surface area (Å²) < 4.78 is 53.1.